The molecule has 1 aromatic heterocycles. The number of ketones is 1. The van der Waals surface area contributed by atoms with Gasteiger partial charge in [0, 0.05) is 69.2 Å². The number of alkyl halides is 2. The second-order valence-electron chi connectivity index (χ2n) is 22.5. The minimum atomic E-state index is -0.605. The minimum absolute atomic E-state index is 0.00616. The van der Waals surface area contributed by atoms with Crippen molar-refractivity contribution in [1.82, 2.24) is 20.0 Å². The quantitative estimate of drug-likeness (QED) is 0.0855. The lowest BCUT2D eigenvalue weighted by molar-refractivity contribution is -0.168. The molecule has 2 saturated heterocycles. The van der Waals surface area contributed by atoms with Crippen molar-refractivity contribution in [2.75, 3.05) is 111 Å². The van der Waals surface area contributed by atoms with E-state index in [2.05, 4.69) is 24.0 Å². The molecule has 4 heterocycles. The Balaban J connectivity index is 0.000000291. The van der Waals surface area contributed by atoms with Crippen LogP contribution in [0.1, 0.15) is 125 Å². The fourth-order valence-corrected chi connectivity index (χ4v) is 13.6. The van der Waals surface area contributed by atoms with E-state index in [1.54, 1.807) is 40.3 Å². The number of Topliss-reactive ketones (excluding diaryl/α,β-unsaturated/α-hetero) is 1. The van der Waals surface area contributed by atoms with Gasteiger partial charge in [-0.1, -0.05) is 38.1 Å². The number of carbonyl (C=O) groups excluding carboxylic acids is 3. The largest absolute Gasteiger partial charge is 0.502 e. The molecule has 2 amide bonds. The number of aliphatic hydroxyl groups excluding tert-OH is 1. The van der Waals surface area contributed by atoms with E-state index in [1.165, 1.54) is 57.4 Å². The molecule has 0 spiro atoms. The first-order valence-corrected chi connectivity index (χ1v) is 30.4. The van der Waals surface area contributed by atoms with E-state index in [9.17, 15) is 23.6 Å². The predicted octanol–water partition coefficient (Wildman–Crippen LogP) is 9.28. The van der Waals surface area contributed by atoms with Gasteiger partial charge >= 0.3 is 0 Å². The summed E-state index contributed by atoms with van der Waals surface area (Å²) in [5, 5.41) is 16.1. The van der Waals surface area contributed by atoms with E-state index in [4.69, 9.17) is 61.5 Å². The van der Waals surface area contributed by atoms with Crippen LogP contribution in [0.3, 0.4) is 0 Å². The molecule has 3 aromatic rings. The van der Waals surface area contributed by atoms with Crippen LogP contribution in [-0.2, 0) is 49.2 Å². The first-order valence-electron chi connectivity index (χ1n) is 29.3. The number of benzene rings is 2. The normalized spacial score (nSPS) is 26.9. The predicted molar refractivity (Wildman–Crippen MR) is 305 cm³/mol. The van der Waals surface area contributed by atoms with Gasteiger partial charge in [0.25, 0.3) is 11.5 Å². The maximum Gasteiger partial charge on any atom is 0.272 e. The van der Waals surface area contributed by atoms with Crippen molar-refractivity contribution < 1.29 is 57.0 Å². The van der Waals surface area contributed by atoms with Gasteiger partial charge in [-0.25, -0.2) is 9.49 Å². The summed E-state index contributed by atoms with van der Waals surface area (Å²) in [6.07, 6.45) is 19.8. The van der Waals surface area contributed by atoms with Crippen LogP contribution in [0.25, 0.3) is 10.8 Å². The van der Waals surface area contributed by atoms with Crippen LogP contribution in [0.15, 0.2) is 59.6 Å². The number of nitrogens with zero attached hydrogens (tertiary/aromatic N) is 3. The maximum absolute atomic E-state index is 15.0. The lowest BCUT2D eigenvalue weighted by atomic mass is 9.45. The van der Waals surface area contributed by atoms with Crippen molar-refractivity contribution in [2.24, 2.45) is 34.5 Å². The Morgan fingerprint density at radius 1 is 0.787 bits per heavy atom. The van der Waals surface area contributed by atoms with Gasteiger partial charge in [-0.15, -0.1) is 23.2 Å². The summed E-state index contributed by atoms with van der Waals surface area (Å²) < 4.78 is 52.9. The third kappa shape index (κ3) is 17.5. The number of halogens is 3. The molecule has 1 unspecified atom stereocenters. The average molecular weight is 1160 g/mol. The van der Waals surface area contributed by atoms with Gasteiger partial charge in [-0.3, -0.25) is 19.2 Å². The van der Waals surface area contributed by atoms with Gasteiger partial charge in [-0.05, 0) is 141 Å². The number of ether oxygens (including phenoxy) is 7. The average Bonchev–Trinajstić information content (AvgIpc) is 3.89. The van der Waals surface area contributed by atoms with Crippen molar-refractivity contribution >= 4 is 51.6 Å². The van der Waals surface area contributed by atoms with Crippen LogP contribution in [0.2, 0.25) is 0 Å². The van der Waals surface area contributed by atoms with Crippen LogP contribution in [-0.4, -0.2) is 166 Å². The zero-order chi connectivity index (χ0) is 56.7. The van der Waals surface area contributed by atoms with E-state index in [0.717, 1.165) is 63.6 Å². The Morgan fingerprint density at radius 3 is 2.23 bits per heavy atom. The summed E-state index contributed by atoms with van der Waals surface area (Å²) in [4.78, 5) is 54.2. The standard InChI is InChI=1S/C43H53FN4O6.C9H17ClO3.C5H8O.C4H9ClO2/c1-42-15-13-29(49)25-28(42)8-9-32-34-10-12-38(43(34,2)16-14-35(32)42)54-22-21-53-26-39(50)47-17-19-48(20-18-47)41(52)33-23-27(7-11-36(33)44)24-37-30-5-3-4-6-31(30)40(51)46-45-37;10-4-6-11-7-8-13-9-3-1-2-5-12-9;1-2-4-6-5-3-1;5-1-3-7-4-2-6/h3-7,11,23,28,32,34-35,38H,8-10,12-22,24-26H2,1-2H3,(H,46,51);9H,1-8H2;2,4H,1,3,5H2;6H,1-4H2/t28-,32-,34-,35-,38-,42-,43-;;;/m0.../s1. The third-order valence-corrected chi connectivity index (χ3v) is 18.0. The van der Waals surface area contributed by atoms with Crippen molar-refractivity contribution in [3.05, 3.63) is 87.8 Å². The molecule has 10 rings (SSSR count). The fourth-order valence-electron chi connectivity index (χ4n) is 13.4. The molecule has 80 heavy (non-hydrogen) atoms. The third-order valence-electron chi connectivity index (χ3n) is 17.7. The zero-order valence-corrected chi connectivity index (χ0v) is 48.7. The van der Waals surface area contributed by atoms with Crippen molar-refractivity contribution in [1.29, 1.82) is 0 Å². The van der Waals surface area contributed by atoms with Gasteiger partial charge < -0.3 is 48.1 Å². The van der Waals surface area contributed by atoms with Gasteiger partial charge in [0.05, 0.1) is 88.5 Å². The second-order valence-corrected chi connectivity index (χ2v) is 23.3. The molecule has 4 saturated carbocycles. The van der Waals surface area contributed by atoms with Crippen molar-refractivity contribution in [3.8, 4) is 0 Å². The molecule has 4 aliphatic carbocycles. The van der Waals surface area contributed by atoms with Crippen LogP contribution in [0, 0.1) is 40.3 Å². The van der Waals surface area contributed by atoms with E-state index in [1.807, 2.05) is 18.2 Å². The number of amides is 2. The van der Waals surface area contributed by atoms with Crippen LogP contribution >= 0.6 is 23.2 Å². The molecule has 0 bridgehead atoms. The van der Waals surface area contributed by atoms with Gasteiger partial charge in [0.15, 0.2) is 6.29 Å². The van der Waals surface area contributed by atoms with E-state index in [0.29, 0.717) is 136 Å². The van der Waals surface area contributed by atoms with E-state index >= 15 is 0 Å². The lowest BCUT2D eigenvalue weighted by Crippen LogP contribution is -2.54. The summed E-state index contributed by atoms with van der Waals surface area (Å²) >= 11 is 10.7. The van der Waals surface area contributed by atoms with Crippen LogP contribution < -0.4 is 5.56 Å². The first-order chi connectivity index (χ1) is 38.9. The molecule has 2 aromatic carbocycles. The summed E-state index contributed by atoms with van der Waals surface area (Å²) in [7, 11) is 0. The van der Waals surface area contributed by atoms with E-state index in [-0.39, 0.29) is 48.1 Å². The highest BCUT2D eigenvalue weighted by atomic mass is 35.5. The number of aromatic nitrogens is 2. The number of aliphatic hydroxyl groups is 1. The number of rotatable bonds is 19. The topological polar surface area (TPSA) is 188 Å². The number of aromatic amines is 1. The van der Waals surface area contributed by atoms with Crippen LogP contribution in [0.4, 0.5) is 4.39 Å². The summed E-state index contributed by atoms with van der Waals surface area (Å²) in [5.41, 5.74) is 1.51. The minimum Gasteiger partial charge on any atom is -0.502 e. The number of allylic oxidation sites excluding steroid dienone is 1. The van der Waals surface area contributed by atoms with Crippen molar-refractivity contribution in [3.63, 3.8) is 0 Å². The lowest BCUT2D eigenvalue weighted by Gasteiger charge is -2.60. The highest BCUT2D eigenvalue weighted by molar-refractivity contribution is 6.18. The molecule has 2 N–H and O–H groups in total. The Morgan fingerprint density at radius 2 is 1.52 bits per heavy atom. The highest BCUT2D eigenvalue weighted by Crippen LogP contribution is 2.66. The number of nitrogens with one attached hydrogen (secondary N) is 1. The Bertz CT molecular complexity index is 2480. The number of H-pyrrole nitrogens is 1. The van der Waals surface area contributed by atoms with Crippen molar-refractivity contribution in [2.45, 2.75) is 123 Å². The molecule has 16 nitrogen and oxygen atoms in total. The highest BCUT2D eigenvalue weighted by Gasteiger charge is 2.60. The molecule has 7 aliphatic rings. The number of hydrogen-bond donors (Lipinski definition) is 2. The SMILES string of the molecule is C1=COCCC1.C[C@]12CCC(=O)C[C@@H]1CC[C@@H]1[C@@H]2CC[C@]2(C)[C@@H](OCCOCC(=O)N3CCN(C(=O)c4cc(Cc5n[nH]c(=O)c6ccccc56)ccc4F)CC3)CC[C@@H]12.ClCCOCCOC1CCCCO1.OCCOCCCl. The molecule has 0 radical (unpaired) electrons. The Labute approximate surface area is 482 Å². The van der Waals surface area contributed by atoms with Gasteiger partial charge in [-0.2, -0.15) is 5.10 Å². The molecular formula is C61H87Cl2FN4O12. The Kier molecular flexibility index (Phi) is 26.0. The van der Waals surface area contributed by atoms with Gasteiger partial charge in [0.1, 0.15) is 18.2 Å². The van der Waals surface area contributed by atoms with E-state index < -0.39 is 11.7 Å². The first kappa shape index (κ1) is 63.5. The molecule has 8 atom stereocenters. The molecule has 6 fully saturated rings. The summed E-state index contributed by atoms with van der Waals surface area (Å²) in [5.74, 6) is 3.05. The maximum atomic E-state index is 15.0. The number of piperazine rings is 1. The smallest absolute Gasteiger partial charge is 0.272 e. The monoisotopic (exact) mass is 1160 g/mol. The molecular weight excluding hydrogens is 1070 g/mol. The second kappa shape index (κ2) is 32.7. The van der Waals surface area contributed by atoms with Gasteiger partial charge in [0.2, 0.25) is 5.91 Å². The number of carbonyl (C=O) groups is 3. The zero-order valence-electron chi connectivity index (χ0n) is 47.2. The molecule has 19 heteroatoms. The number of hydrogen-bond acceptors (Lipinski definition) is 13. The molecule has 3 aliphatic heterocycles. The fraction of sp³-hybridized carbons (Fsp3) is 0.689. The van der Waals surface area contributed by atoms with Crippen LogP contribution in [0.5, 0.6) is 0 Å². The molecule has 444 valence electrons. The summed E-state index contributed by atoms with van der Waals surface area (Å²) in [6, 6.07) is 11.6. The Hall–Kier alpha value is -4.04. The number of fused-ring (bicyclic) bond motifs is 6. The summed E-state index contributed by atoms with van der Waals surface area (Å²) in [6.45, 7) is 11.5.